The highest BCUT2D eigenvalue weighted by Crippen LogP contribution is 2.19. The van der Waals surface area contributed by atoms with E-state index in [0.717, 1.165) is 6.07 Å². The van der Waals surface area contributed by atoms with E-state index in [4.69, 9.17) is 16.3 Å². The summed E-state index contributed by atoms with van der Waals surface area (Å²) in [7, 11) is 0. The van der Waals surface area contributed by atoms with Gasteiger partial charge in [0, 0.05) is 18.1 Å². The summed E-state index contributed by atoms with van der Waals surface area (Å²) in [6.07, 6.45) is 3.96. The van der Waals surface area contributed by atoms with E-state index >= 15 is 0 Å². The molecule has 2 rings (SSSR count). The molecule has 1 N–H and O–H groups in total. The van der Waals surface area contributed by atoms with Crippen LogP contribution in [0.4, 0.5) is 10.1 Å². The number of anilines is 1. The maximum Gasteiger partial charge on any atom is 0.359 e. The maximum atomic E-state index is 13.0. The number of aromatic nitrogens is 2. The van der Waals surface area contributed by atoms with Crippen LogP contribution in [0.15, 0.2) is 36.8 Å². The van der Waals surface area contributed by atoms with Gasteiger partial charge < -0.3 is 10.1 Å². The molecule has 1 heterocycles. The van der Waals surface area contributed by atoms with Gasteiger partial charge in [-0.3, -0.25) is 9.78 Å². The lowest BCUT2D eigenvalue weighted by Gasteiger charge is -2.06. The number of hydrogen-bond donors (Lipinski definition) is 1. The van der Waals surface area contributed by atoms with Crippen LogP contribution in [-0.2, 0) is 9.53 Å². The number of nitrogens with zero attached hydrogens (tertiary/aromatic N) is 2. The van der Waals surface area contributed by atoms with Gasteiger partial charge in [0.2, 0.25) is 0 Å². The molecular formula is C13H9ClFN3O3. The molecule has 0 saturated heterocycles. The van der Waals surface area contributed by atoms with Crippen molar-refractivity contribution in [2.45, 2.75) is 0 Å². The monoisotopic (exact) mass is 309 g/mol. The molecule has 1 aromatic carbocycles. The zero-order valence-corrected chi connectivity index (χ0v) is 11.3. The van der Waals surface area contributed by atoms with E-state index in [1.807, 2.05) is 0 Å². The predicted octanol–water partition coefficient (Wildman–Crippen LogP) is 2.06. The normalized spacial score (nSPS) is 10.0. The fourth-order valence-electron chi connectivity index (χ4n) is 1.38. The number of hydrogen-bond acceptors (Lipinski definition) is 5. The molecular weight excluding hydrogens is 301 g/mol. The second-order valence-electron chi connectivity index (χ2n) is 3.84. The number of esters is 1. The van der Waals surface area contributed by atoms with E-state index in [-0.39, 0.29) is 10.7 Å². The Morgan fingerprint density at radius 1 is 1.33 bits per heavy atom. The zero-order valence-electron chi connectivity index (χ0n) is 10.5. The molecule has 2 aromatic rings. The highest BCUT2D eigenvalue weighted by Gasteiger charge is 2.12. The fourth-order valence-corrected chi connectivity index (χ4v) is 1.56. The van der Waals surface area contributed by atoms with Crippen LogP contribution in [0.2, 0.25) is 5.02 Å². The topological polar surface area (TPSA) is 81.2 Å². The van der Waals surface area contributed by atoms with E-state index in [0.29, 0.717) is 5.69 Å². The Hall–Kier alpha value is -2.54. The summed E-state index contributed by atoms with van der Waals surface area (Å²) in [5, 5.41) is 2.29. The first-order valence-corrected chi connectivity index (χ1v) is 6.12. The molecule has 8 heteroatoms. The van der Waals surface area contributed by atoms with Gasteiger partial charge in [-0.2, -0.15) is 0 Å². The summed E-state index contributed by atoms with van der Waals surface area (Å²) >= 11 is 5.58. The summed E-state index contributed by atoms with van der Waals surface area (Å²) in [6.45, 7) is -0.510. The summed E-state index contributed by atoms with van der Waals surface area (Å²) in [4.78, 5) is 30.5. The van der Waals surface area contributed by atoms with Crippen LogP contribution >= 0.6 is 11.6 Å². The first-order valence-electron chi connectivity index (χ1n) is 5.74. The molecule has 0 radical (unpaired) electrons. The van der Waals surface area contributed by atoms with Crippen LogP contribution in [-0.4, -0.2) is 28.5 Å². The Balaban J connectivity index is 1.87. The third-order valence-corrected chi connectivity index (χ3v) is 2.60. The predicted molar refractivity (Wildman–Crippen MR) is 72.4 cm³/mol. The van der Waals surface area contributed by atoms with Crippen LogP contribution < -0.4 is 5.32 Å². The molecule has 0 saturated carbocycles. The fraction of sp³-hybridized carbons (Fsp3) is 0.0769. The van der Waals surface area contributed by atoms with Crippen molar-refractivity contribution in [2.24, 2.45) is 0 Å². The van der Waals surface area contributed by atoms with Gasteiger partial charge in [0.1, 0.15) is 5.82 Å². The number of nitrogens with one attached hydrogen (secondary N) is 1. The minimum atomic E-state index is -0.768. The molecule has 0 aliphatic carbocycles. The average molecular weight is 310 g/mol. The number of rotatable bonds is 4. The molecule has 0 spiro atoms. The molecule has 6 nitrogen and oxygen atoms in total. The first-order chi connectivity index (χ1) is 10.1. The van der Waals surface area contributed by atoms with Crippen molar-refractivity contribution in [3.05, 3.63) is 53.3 Å². The van der Waals surface area contributed by atoms with Gasteiger partial charge >= 0.3 is 5.97 Å². The number of ether oxygens (including phenoxy) is 1. The largest absolute Gasteiger partial charge is 0.451 e. The number of carbonyl (C=O) groups excluding carboxylic acids is 2. The van der Waals surface area contributed by atoms with Crippen LogP contribution in [0.25, 0.3) is 0 Å². The first kappa shape index (κ1) is 14.9. The van der Waals surface area contributed by atoms with Crippen molar-refractivity contribution in [3.8, 4) is 0 Å². The number of amides is 1. The van der Waals surface area contributed by atoms with E-state index in [1.165, 1.54) is 30.7 Å². The van der Waals surface area contributed by atoms with Crippen LogP contribution in [0.3, 0.4) is 0 Å². The molecule has 0 fully saturated rings. The second-order valence-corrected chi connectivity index (χ2v) is 4.25. The summed E-state index contributed by atoms with van der Waals surface area (Å²) < 4.78 is 17.7. The minimum Gasteiger partial charge on any atom is -0.451 e. The van der Waals surface area contributed by atoms with Crippen molar-refractivity contribution < 1.29 is 18.7 Å². The molecule has 21 heavy (non-hydrogen) atoms. The van der Waals surface area contributed by atoms with E-state index in [9.17, 15) is 14.0 Å². The Kier molecular flexibility index (Phi) is 4.78. The molecule has 0 unspecified atom stereocenters. The maximum absolute atomic E-state index is 13.0. The minimum absolute atomic E-state index is 0.00451. The van der Waals surface area contributed by atoms with E-state index < -0.39 is 24.3 Å². The highest BCUT2D eigenvalue weighted by molar-refractivity contribution is 6.31. The lowest BCUT2D eigenvalue weighted by Crippen LogP contribution is -2.21. The second kappa shape index (κ2) is 6.76. The molecule has 0 aliphatic rings. The van der Waals surface area contributed by atoms with Gasteiger partial charge in [-0.25, -0.2) is 14.2 Å². The third-order valence-electron chi connectivity index (χ3n) is 2.31. The van der Waals surface area contributed by atoms with Crippen molar-refractivity contribution in [1.29, 1.82) is 0 Å². The van der Waals surface area contributed by atoms with Gasteiger partial charge in [0.15, 0.2) is 12.3 Å². The number of carbonyl (C=O) groups is 2. The van der Waals surface area contributed by atoms with Crippen molar-refractivity contribution in [1.82, 2.24) is 9.97 Å². The van der Waals surface area contributed by atoms with Crippen molar-refractivity contribution in [2.75, 3.05) is 11.9 Å². The van der Waals surface area contributed by atoms with Crippen LogP contribution in [0.1, 0.15) is 10.5 Å². The molecule has 0 bridgehead atoms. The van der Waals surface area contributed by atoms with Gasteiger partial charge in [0.25, 0.3) is 5.91 Å². The van der Waals surface area contributed by atoms with E-state index in [1.54, 1.807) is 0 Å². The standard InChI is InChI=1S/C13H9ClFN3O3/c14-9-5-8(1-2-10(9)15)18-12(19)7-21-13(20)11-6-16-3-4-17-11/h1-6H,7H2,(H,18,19). The Labute approximate surface area is 123 Å². The number of halogens is 2. The van der Waals surface area contributed by atoms with Crippen molar-refractivity contribution >= 4 is 29.2 Å². The molecule has 108 valence electrons. The Bertz CT molecular complexity index is 667. The molecule has 1 aromatic heterocycles. The van der Waals surface area contributed by atoms with E-state index in [2.05, 4.69) is 15.3 Å². The average Bonchev–Trinajstić information content (AvgIpc) is 2.49. The lowest BCUT2D eigenvalue weighted by molar-refractivity contribution is -0.119. The summed E-state index contributed by atoms with van der Waals surface area (Å²) in [5.41, 5.74) is 0.289. The molecule has 0 atom stereocenters. The highest BCUT2D eigenvalue weighted by atomic mass is 35.5. The smallest absolute Gasteiger partial charge is 0.359 e. The summed E-state index contributed by atoms with van der Waals surface area (Å²) in [5.74, 6) is -1.95. The van der Waals surface area contributed by atoms with Gasteiger partial charge in [-0.1, -0.05) is 11.6 Å². The third kappa shape index (κ3) is 4.22. The Morgan fingerprint density at radius 2 is 2.14 bits per heavy atom. The van der Waals surface area contributed by atoms with Crippen LogP contribution in [0, 0.1) is 5.82 Å². The van der Waals surface area contributed by atoms with Gasteiger partial charge in [-0.05, 0) is 18.2 Å². The lowest BCUT2D eigenvalue weighted by atomic mass is 10.3. The Morgan fingerprint density at radius 3 is 2.81 bits per heavy atom. The quantitative estimate of drug-likeness (QED) is 0.874. The molecule has 1 amide bonds. The molecule has 0 aliphatic heterocycles. The zero-order chi connectivity index (χ0) is 15.2. The van der Waals surface area contributed by atoms with Crippen LogP contribution in [0.5, 0.6) is 0 Å². The van der Waals surface area contributed by atoms with Gasteiger partial charge in [0.05, 0.1) is 11.2 Å². The number of benzene rings is 1. The van der Waals surface area contributed by atoms with Crippen molar-refractivity contribution in [3.63, 3.8) is 0 Å². The van der Waals surface area contributed by atoms with Gasteiger partial charge in [-0.15, -0.1) is 0 Å². The SMILES string of the molecule is O=C(COC(=O)c1cnccn1)Nc1ccc(F)c(Cl)c1. The summed E-state index contributed by atoms with van der Waals surface area (Å²) in [6, 6.07) is 3.70.